The SMILES string of the molecule is O=CNOC(CO)COCCO. The van der Waals surface area contributed by atoms with E-state index in [0.29, 0.717) is 6.41 Å². The van der Waals surface area contributed by atoms with Gasteiger partial charge >= 0.3 is 0 Å². The molecule has 1 unspecified atom stereocenters. The second-order valence-electron chi connectivity index (χ2n) is 1.96. The molecule has 0 spiro atoms. The summed E-state index contributed by atoms with van der Waals surface area (Å²) in [5, 5.41) is 17.0. The molecule has 0 saturated carbocycles. The van der Waals surface area contributed by atoms with Gasteiger partial charge < -0.3 is 14.9 Å². The van der Waals surface area contributed by atoms with Gasteiger partial charge in [-0.3, -0.25) is 9.63 Å². The fourth-order valence-electron chi connectivity index (χ4n) is 0.527. The Balaban J connectivity index is 3.32. The summed E-state index contributed by atoms with van der Waals surface area (Å²) in [6.07, 6.45) is -0.240. The van der Waals surface area contributed by atoms with Gasteiger partial charge in [0.1, 0.15) is 6.10 Å². The van der Waals surface area contributed by atoms with Crippen molar-refractivity contribution in [1.82, 2.24) is 5.48 Å². The van der Waals surface area contributed by atoms with Crippen LogP contribution < -0.4 is 5.48 Å². The van der Waals surface area contributed by atoms with Gasteiger partial charge in [-0.15, -0.1) is 0 Å². The zero-order chi connectivity index (χ0) is 9.23. The van der Waals surface area contributed by atoms with Gasteiger partial charge in [-0.1, -0.05) is 0 Å². The number of carbonyl (C=O) groups excluding carboxylic acids is 1. The van der Waals surface area contributed by atoms with E-state index in [4.69, 9.17) is 14.9 Å². The first-order chi connectivity index (χ1) is 5.85. The predicted octanol–water partition coefficient (Wildman–Crippen LogP) is -1.97. The third kappa shape index (κ3) is 6.05. The molecule has 1 amide bonds. The van der Waals surface area contributed by atoms with E-state index in [9.17, 15) is 4.79 Å². The van der Waals surface area contributed by atoms with E-state index < -0.39 is 6.10 Å². The number of carbonyl (C=O) groups is 1. The highest BCUT2D eigenvalue weighted by Crippen LogP contribution is 1.88. The second-order valence-corrected chi connectivity index (χ2v) is 1.96. The molecule has 0 saturated heterocycles. The molecule has 0 aromatic rings. The normalized spacial score (nSPS) is 12.5. The third-order valence-corrected chi connectivity index (χ3v) is 1.03. The van der Waals surface area contributed by atoms with Crippen LogP contribution in [0.5, 0.6) is 0 Å². The van der Waals surface area contributed by atoms with E-state index >= 15 is 0 Å². The molecule has 3 N–H and O–H groups in total. The van der Waals surface area contributed by atoms with Gasteiger partial charge in [0.25, 0.3) is 0 Å². The zero-order valence-electron chi connectivity index (χ0n) is 6.60. The molecule has 0 aromatic carbocycles. The number of hydroxylamine groups is 1. The van der Waals surface area contributed by atoms with Gasteiger partial charge in [-0.2, -0.15) is 0 Å². The standard InChI is InChI=1S/C6H13NO5/c8-1-2-11-4-6(3-9)12-7-5-10/h5-6,8-9H,1-4H2,(H,7,10). The topological polar surface area (TPSA) is 88.0 Å². The lowest BCUT2D eigenvalue weighted by Crippen LogP contribution is -2.30. The van der Waals surface area contributed by atoms with Crippen molar-refractivity contribution in [3.05, 3.63) is 0 Å². The van der Waals surface area contributed by atoms with Crippen LogP contribution in [0.1, 0.15) is 0 Å². The first-order valence-electron chi connectivity index (χ1n) is 3.49. The Morgan fingerprint density at radius 3 is 2.75 bits per heavy atom. The van der Waals surface area contributed by atoms with Gasteiger partial charge in [-0.05, 0) is 0 Å². The maximum atomic E-state index is 9.76. The summed E-state index contributed by atoms with van der Waals surface area (Å²) in [7, 11) is 0. The molecule has 0 rings (SSSR count). The number of hydrogen-bond acceptors (Lipinski definition) is 5. The Morgan fingerprint density at radius 2 is 2.25 bits per heavy atom. The minimum absolute atomic E-state index is 0.0841. The Kier molecular flexibility index (Phi) is 7.92. The Bertz CT molecular complexity index is 110. The van der Waals surface area contributed by atoms with Crippen LogP contribution in [0.15, 0.2) is 0 Å². The Labute approximate surface area is 70.0 Å². The van der Waals surface area contributed by atoms with E-state index in [1.165, 1.54) is 0 Å². The lowest BCUT2D eigenvalue weighted by Gasteiger charge is -2.12. The van der Waals surface area contributed by atoms with Crippen molar-refractivity contribution < 1.29 is 24.6 Å². The highest BCUT2D eigenvalue weighted by atomic mass is 16.7. The molecule has 0 aromatic heterocycles. The molecule has 1 atom stereocenters. The van der Waals surface area contributed by atoms with E-state index in [2.05, 4.69) is 4.84 Å². The number of rotatable bonds is 8. The third-order valence-electron chi connectivity index (χ3n) is 1.03. The molecule has 0 fully saturated rings. The van der Waals surface area contributed by atoms with Crippen LogP contribution >= 0.6 is 0 Å². The second kappa shape index (κ2) is 8.41. The number of hydrogen-bond donors (Lipinski definition) is 3. The van der Waals surface area contributed by atoms with Crippen molar-refractivity contribution in [3.8, 4) is 0 Å². The first kappa shape index (κ1) is 11.3. The van der Waals surface area contributed by atoms with Gasteiger partial charge in [0.05, 0.1) is 26.4 Å². The molecule has 6 nitrogen and oxygen atoms in total. The number of amides is 1. The maximum Gasteiger partial charge on any atom is 0.230 e. The fourth-order valence-corrected chi connectivity index (χ4v) is 0.527. The van der Waals surface area contributed by atoms with E-state index in [1.807, 2.05) is 5.48 Å². The molecular weight excluding hydrogens is 166 g/mol. The molecule has 0 aliphatic carbocycles. The molecule has 0 aliphatic heterocycles. The van der Waals surface area contributed by atoms with Crippen LogP contribution in [-0.4, -0.2) is 49.2 Å². The minimum atomic E-state index is -0.596. The average Bonchev–Trinajstić information content (AvgIpc) is 2.11. The van der Waals surface area contributed by atoms with Gasteiger partial charge in [0, 0.05) is 0 Å². The molecule has 0 aliphatic rings. The van der Waals surface area contributed by atoms with Crippen LogP contribution in [0.3, 0.4) is 0 Å². The minimum Gasteiger partial charge on any atom is -0.394 e. The van der Waals surface area contributed by atoms with Gasteiger partial charge in [0.15, 0.2) is 0 Å². The lowest BCUT2D eigenvalue weighted by molar-refractivity contribution is -0.133. The van der Waals surface area contributed by atoms with Crippen molar-refractivity contribution in [3.63, 3.8) is 0 Å². The largest absolute Gasteiger partial charge is 0.394 e. The van der Waals surface area contributed by atoms with Gasteiger partial charge in [0.2, 0.25) is 6.41 Å². The van der Waals surface area contributed by atoms with E-state index in [0.717, 1.165) is 0 Å². The van der Waals surface area contributed by atoms with Crippen molar-refractivity contribution in [2.45, 2.75) is 6.10 Å². The number of aliphatic hydroxyl groups is 2. The van der Waals surface area contributed by atoms with Crippen LogP contribution in [0.2, 0.25) is 0 Å². The smallest absolute Gasteiger partial charge is 0.230 e. The summed E-state index contributed by atoms with van der Waals surface area (Å²) in [6.45, 7) is -0.0373. The predicted molar refractivity (Wildman–Crippen MR) is 39.1 cm³/mol. The Morgan fingerprint density at radius 1 is 1.50 bits per heavy atom. The zero-order valence-corrected chi connectivity index (χ0v) is 6.60. The van der Waals surface area contributed by atoms with Crippen LogP contribution in [0, 0.1) is 0 Å². The average molecular weight is 179 g/mol. The molecule has 0 heterocycles. The summed E-state index contributed by atoms with van der Waals surface area (Å²) in [5.41, 5.74) is 1.94. The molecule has 0 radical (unpaired) electrons. The Hall–Kier alpha value is -0.690. The first-order valence-corrected chi connectivity index (χ1v) is 3.49. The van der Waals surface area contributed by atoms with Crippen molar-refractivity contribution in [2.24, 2.45) is 0 Å². The summed E-state index contributed by atoms with van der Waals surface area (Å²) in [4.78, 5) is 14.4. The van der Waals surface area contributed by atoms with Crippen molar-refractivity contribution in [1.29, 1.82) is 0 Å². The van der Waals surface area contributed by atoms with Crippen LogP contribution in [0.25, 0.3) is 0 Å². The highest BCUT2D eigenvalue weighted by Gasteiger charge is 2.07. The van der Waals surface area contributed by atoms with E-state index in [-0.39, 0.29) is 26.4 Å². The summed E-state index contributed by atoms with van der Waals surface area (Å²) < 4.78 is 4.84. The monoisotopic (exact) mass is 179 g/mol. The molecule has 6 heteroatoms. The quantitative estimate of drug-likeness (QED) is 0.228. The molecule has 72 valence electrons. The molecular formula is C6H13NO5. The van der Waals surface area contributed by atoms with Gasteiger partial charge in [-0.25, -0.2) is 5.48 Å². The summed E-state index contributed by atoms with van der Waals surface area (Å²) in [6, 6.07) is 0. The maximum absolute atomic E-state index is 9.76. The summed E-state index contributed by atoms with van der Waals surface area (Å²) >= 11 is 0. The fraction of sp³-hybridized carbons (Fsp3) is 0.833. The van der Waals surface area contributed by atoms with Crippen LogP contribution in [0.4, 0.5) is 0 Å². The van der Waals surface area contributed by atoms with Crippen LogP contribution in [-0.2, 0) is 14.4 Å². The number of ether oxygens (including phenoxy) is 1. The van der Waals surface area contributed by atoms with E-state index in [1.54, 1.807) is 0 Å². The lowest BCUT2D eigenvalue weighted by atomic mass is 10.4. The molecule has 12 heavy (non-hydrogen) atoms. The summed E-state index contributed by atoms with van der Waals surface area (Å²) in [5.74, 6) is 0. The van der Waals surface area contributed by atoms with Crippen molar-refractivity contribution in [2.75, 3.05) is 26.4 Å². The number of nitrogens with one attached hydrogen (secondary N) is 1. The van der Waals surface area contributed by atoms with Crippen molar-refractivity contribution >= 4 is 6.41 Å². The number of aliphatic hydroxyl groups excluding tert-OH is 2. The highest BCUT2D eigenvalue weighted by molar-refractivity contribution is 5.43. The molecule has 0 bridgehead atoms.